The van der Waals surface area contributed by atoms with Crippen molar-refractivity contribution in [2.75, 3.05) is 0 Å². The topological polar surface area (TPSA) is 12.9 Å². The van der Waals surface area contributed by atoms with E-state index in [0.29, 0.717) is 0 Å². The van der Waals surface area contributed by atoms with Gasteiger partial charge in [-0.2, -0.15) is 0 Å². The van der Waals surface area contributed by atoms with Crippen LogP contribution in [0.1, 0.15) is 5.56 Å². The average molecular weight is 529 g/mol. The predicted octanol–water partition coefficient (Wildman–Crippen LogP) is 3.52. The van der Waals surface area contributed by atoms with Crippen molar-refractivity contribution < 1.29 is 0 Å². The number of hydrogen-bond acceptors (Lipinski definition) is 1. The zero-order chi connectivity index (χ0) is 21.0. The van der Waals surface area contributed by atoms with E-state index in [-0.39, 0.29) is 29.9 Å². The van der Waals surface area contributed by atoms with Crippen LogP contribution in [0.25, 0.3) is 22.0 Å². The average Bonchev–Trinajstić information content (AvgIpc) is 2.81. The van der Waals surface area contributed by atoms with Gasteiger partial charge in [0.15, 0.2) is 0 Å². The second-order valence-corrected chi connectivity index (χ2v) is 11.8. The van der Waals surface area contributed by atoms with Crippen molar-refractivity contribution >= 4 is 58.8 Å². The van der Waals surface area contributed by atoms with Crippen LogP contribution in [0.3, 0.4) is 0 Å². The Balaban J connectivity index is 1.79. The van der Waals surface area contributed by atoms with Crippen LogP contribution in [-0.4, -0.2) is 34.9 Å². The van der Waals surface area contributed by atoms with Crippen LogP contribution in [0.4, 0.5) is 0 Å². The molecule has 1 nitrogen and oxygen atoms in total. The summed E-state index contributed by atoms with van der Waals surface area (Å²) in [5.41, 5.74) is 4.97. The fraction of sp³-hybridized carbons (Fsp3) is 0.0357. The van der Waals surface area contributed by atoms with Crippen molar-refractivity contribution in [3.8, 4) is 11.1 Å². The molecule has 1 heterocycles. The van der Waals surface area contributed by atoms with Gasteiger partial charge in [-0.3, -0.25) is 0 Å². The molecule has 4 aromatic carbocycles. The van der Waals surface area contributed by atoms with Crippen LogP contribution in [-0.2, 0) is 0 Å². The molecule has 0 unspecified atom stereocenters. The van der Waals surface area contributed by atoms with E-state index in [0.717, 1.165) is 5.52 Å². The van der Waals surface area contributed by atoms with Crippen molar-refractivity contribution in [3.63, 3.8) is 0 Å². The number of benzene rings is 4. The molecule has 150 valence electrons. The Morgan fingerprint density at radius 3 is 1.84 bits per heavy atom. The third kappa shape index (κ3) is 4.51. The number of aryl methyl sites for hydroxylation is 1. The van der Waals surface area contributed by atoms with Crippen molar-refractivity contribution in [3.05, 3.63) is 115 Å². The number of rotatable bonds is 5. The summed E-state index contributed by atoms with van der Waals surface area (Å²) >= 11 is 0.315. The molecule has 0 atom stereocenters. The Labute approximate surface area is 195 Å². The minimum atomic E-state index is 0.132. The maximum atomic E-state index is 5.23. The van der Waals surface area contributed by atoms with Crippen LogP contribution in [0, 0.1) is 6.92 Å². The molecule has 5 rings (SSSR count). The van der Waals surface area contributed by atoms with E-state index in [4.69, 9.17) is 4.98 Å². The molecule has 0 aliphatic carbocycles. The molecule has 0 bridgehead atoms. The molecule has 1 aromatic heterocycles. The van der Waals surface area contributed by atoms with E-state index >= 15 is 0 Å². The molecule has 0 saturated heterocycles. The van der Waals surface area contributed by atoms with E-state index in [9.17, 15) is 0 Å². The van der Waals surface area contributed by atoms with Gasteiger partial charge in [-0.05, 0) is 0 Å². The van der Waals surface area contributed by atoms with Gasteiger partial charge < -0.3 is 0 Å². The van der Waals surface area contributed by atoms with E-state index in [1.165, 1.54) is 40.1 Å². The molecule has 31 heavy (non-hydrogen) atoms. The van der Waals surface area contributed by atoms with Gasteiger partial charge in [-0.1, -0.05) is 0 Å². The van der Waals surface area contributed by atoms with Crippen LogP contribution in [0.2, 0.25) is 0 Å². The molecule has 0 radical (unpaired) electrons. The van der Waals surface area contributed by atoms with Gasteiger partial charge in [0.25, 0.3) is 0 Å². The molecule has 0 saturated carbocycles. The summed E-state index contributed by atoms with van der Waals surface area (Å²) < 4.78 is 5.39. The summed E-state index contributed by atoms with van der Waals surface area (Å²) in [6.45, 7) is 2.17. The Bertz CT molecular complexity index is 1320. The number of aromatic nitrogens is 1. The fourth-order valence-electron chi connectivity index (χ4n) is 3.57. The number of fused-ring (bicyclic) bond motifs is 1. The van der Waals surface area contributed by atoms with Crippen molar-refractivity contribution in [2.45, 2.75) is 6.92 Å². The number of pyridine rings is 1. The summed E-state index contributed by atoms with van der Waals surface area (Å²) in [6.07, 6.45) is 0. The zero-order valence-electron chi connectivity index (χ0n) is 17.2. The quantitative estimate of drug-likeness (QED) is 0.318. The third-order valence-corrected chi connectivity index (χ3v) is 9.52. The van der Waals surface area contributed by atoms with Crippen molar-refractivity contribution in [2.24, 2.45) is 0 Å². The second-order valence-electron chi connectivity index (χ2n) is 7.34. The summed E-state index contributed by atoms with van der Waals surface area (Å²) in [7, 11) is 0. The minimum absolute atomic E-state index is 0.132. The first-order valence-corrected chi connectivity index (χ1v) is 13.7. The summed E-state index contributed by atoms with van der Waals surface area (Å²) in [4.78, 5) is 5.23. The Hall–Kier alpha value is -2.67. The summed E-state index contributed by atoms with van der Waals surface area (Å²) in [5, 5.41) is 1.29. The Morgan fingerprint density at radius 1 is 0.613 bits per heavy atom. The monoisotopic (exact) mass is 531 g/mol. The van der Waals surface area contributed by atoms with Gasteiger partial charge >= 0.3 is 197 Å². The molecule has 0 amide bonds. The molecule has 0 aliphatic rings. The molecule has 0 spiro atoms. The van der Waals surface area contributed by atoms with Crippen molar-refractivity contribution in [1.29, 1.82) is 0 Å². The fourth-order valence-corrected chi connectivity index (χ4v) is 8.31. The molecule has 0 N–H and O–H groups in total. The summed E-state index contributed by atoms with van der Waals surface area (Å²) in [5.74, 6) is 0. The zero-order valence-corrected chi connectivity index (χ0v) is 20.6. The van der Waals surface area contributed by atoms with E-state index in [2.05, 4.69) is 116 Å². The molecular weight excluding hydrogens is 508 g/mol. The normalized spacial score (nSPS) is 11.0. The van der Waals surface area contributed by atoms with Crippen molar-refractivity contribution in [1.82, 2.24) is 4.98 Å². The third-order valence-electron chi connectivity index (χ3n) is 5.04. The van der Waals surface area contributed by atoms with Crippen LogP contribution < -0.4 is 18.0 Å². The number of nitrogens with zero attached hydrogens (tertiary/aromatic N) is 1. The van der Waals surface area contributed by atoms with Gasteiger partial charge in [-0.25, -0.2) is 0 Å². The van der Waals surface area contributed by atoms with Crippen LogP contribution in [0.5, 0.6) is 0 Å². The maximum absolute atomic E-state index is 5.23. The van der Waals surface area contributed by atoms with Crippen LogP contribution in [0.15, 0.2) is 109 Å². The Morgan fingerprint density at radius 2 is 1.19 bits per heavy atom. The first kappa shape index (κ1) is 20.2. The molecule has 0 aliphatic heterocycles. The van der Waals surface area contributed by atoms with E-state index in [1.54, 1.807) is 0 Å². The molecule has 0 fully saturated rings. The van der Waals surface area contributed by atoms with Gasteiger partial charge in [-0.15, -0.1) is 0 Å². The Kier molecular flexibility index (Phi) is 6.02. The van der Waals surface area contributed by atoms with E-state index in [1.807, 2.05) is 0 Å². The molecular formula is C28H21NSe2. The summed E-state index contributed by atoms with van der Waals surface area (Å²) in [6, 6.07) is 39.1. The van der Waals surface area contributed by atoms with Gasteiger partial charge in [0.2, 0.25) is 0 Å². The van der Waals surface area contributed by atoms with Crippen LogP contribution >= 0.6 is 0 Å². The van der Waals surface area contributed by atoms with Gasteiger partial charge in [0, 0.05) is 0 Å². The number of hydrogen-bond donors (Lipinski definition) is 0. The first-order chi connectivity index (χ1) is 15.3. The predicted molar refractivity (Wildman–Crippen MR) is 135 cm³/mol. The molecule has 5 aromatic rings. The first-order valence-electron chi connectivity index (χ1n) is 10.2. The van der Waals surface area contributed by atoms with Gasteiger partial charge in [0.1, 0.15) is 0 Å². The SMILES string of the molecule is Cc1ccc2nc([Se]c3ccccc3)c(-c3ccccc3)c([Se]c3ccccc3)c2c1. The molecule has 3 heteroatoms. The van der Waals surface area contributed by atoms with E-state index < -0.39 is 0 Å². The standard InChI is InChI=1S/C28H21NSe2/c1-20-17-18-25-24(19-20)27(30-22-13-7-3-8-14-22)26(21-11-5-2-6-12-21)28(29-25)31-23-15-9-4-10-16-23/h2-19H,1H3. The second kappa shape index (κ2) is 9.22. The van der Waals surface area contributed by atoms with Gasteiger partial charge in [0.05, 0.1) is 0 Å².